The van der Waals surface area contributed by atoms with Crippen LogP contribution in [0.5, 0.6) is 0 Å². The monoisotopic (exact) mass is 361 g/mol. The third kappa shape index (κ3) is 3.34. The molecular formula is C17H13F2N3O2S. The highest BCUT2D eigenvalue weighted by atomic mass is 32.1. The minimum Gasteiger partial charge on any atom is -0.330 e. The van der Waals surface area contributed by atoms with Gasteiger partial charge in [-0.2, -0.15) is 4.68 Å². The van der Waals surface area contributed by atoms with Gasteiger partial charge in [0.2, 0.25) is 5.91 Å². The van der Waals surface area contributed by atoms with Crippen molar-refractivity contribution in [3.05, 3.63) is 74.8 Å². The summed E-state index contributed by atoms with van der Waals surface area (Å²) in [5.41, 5.74) is 2.70. The van der Waals surface area contributed by atoms with Gasteiger partial charge in [-0.15, -0.1) is 0 Å². The van der Waals surface area contributed by atoms with Gasteiger partial charge in [0, 0.05) is 0 Å². The van der Waals surface area contributed by atoms with E-state index in [4.69, 9.17) is 12.2 Å². The van der Waals surface area contributed by atoms with Crippen LogP contribution < -0.4 is 11.0 Å². The Morgan fingerprint density at radius 3 is 2.48 bits per heavy atom. The number of aromatic nitrogens is 2. The summed E-state index contributed by atoms with van der Waals surface area (Å²) in [7, 11) is 0. The first-order valence-corrected chi connectivity index (χ1v) is 7.78. The maximum Gasteiger partial charge on any atom is 0.281 e. The van der Waals surface area contributed by atoms with Crippen LogP contribution in [0.25, 0.3) is 10.9 Å². The Balaban J connectivity index is 1.96. The van der Waals surface area contributed by atoms with Crippen LogP contribution in [0.1, 0.15) is 18.4 Å². The van der Waals surface area contributed by atoms with E-state index in [0.29, 0.717) is 5.56 Å². The van der Waals surface area contributed by atoms with Crippen LogP contribution in [0, 0.1) is 16.4 Å². The lowest BCUT2D eigenvalue weighted by Crippen LogP contribution is -2.36. The topological polar surface area (TPSA) is 66.9 Å². The summed E-state index contributed by atoms with van der Waals surface area (Å²) < 4.78 is 27.1. The molecule has 0 aliphatic rings. The van der Waals surface area contributed by atoms with E-state index in [0.717, 1.165) is 16.8 Å². The first-order chi connectivity index (χ1) is 11.9. The lowest BCUT2D eigenvalue weighted by molar-refractivity contribution is -0.118. The van der Waals surface area contributed by atoms with E-state index in [1.165, 1.54) is 30.3 Å². The molecule has 25 heavy (non-hydrogen) atoms. The molecule has 1 heterocycles. The predicted molar refractivity (Wildman–Crippen MR) is 92.5 cm³/mol. The molecule has 2 aromatic carbocycles. The first kappa shape index (κ1) is 17.0. The predicted octanol–water partition coefficient (Wildman–Crippen LogP) is 3.21. The Morgan fingerprint density at radius 1 is 1.16 bits per heavy atom. The van der Waals surface area contributed by atoms with E-state index < -0.39 is 29.0 Å². The summed E-state index contributed by atoms with van der Waals surface area (Å²) in [4.78, 5) is 27.6. The van der Waals surface area contributed by atoms with Crippen molar-refractivity contribution in [1.29, 1.82) is 0 Å². The number of halogens is 2. The minimum atomic E-state index is -0.634. The van der Waals surface area contributed by atoms with Crippen LogP contribution >= 0.6 is 12.2 Å². The molecule has 0 aliphatic heterocycles. The largest absolute Gasteiger partial charge is 0.330 e. The first-order valence-electron chi connectivity index (χ1n) is 7.38. The second-order valence-electron chi connectivity index (χ2n) is 5.51. The van der Waals surface area contributed by atoms with Gasteiger partial charge >= 0.3 is 0 Å². The SMILES string of the molecule is CC(C(=O)Nn1c(=S)[nH]c2cc(F)ccc2c1=O)c1ccc(F)cc1. The molecule has 2 N–H and O–H groups in total. The number of amides is 1. The molecule has 1 aromatic heterocycles. The molecule has 0 saturated heterocycles. The number of aromatic amines is 1. The molecule has 3 rings (SSSR count). The summed E-state index contributed by atoms with van der Waals surface area (Å²) in [5, 5.41) is 0.185. The van der Waals surface area contributed by atoms with Crippen molar-refractivity contribution in [2.24, 2.45) is 0 Å². The van der Waals surface area contributed by atoms with E-state index in [9.17, 15) is 18.4 Å². The second kappa shape index (κ2) is 6.56. The molecule has 0 saturated carbocycles. The number of hydrogen-bond donors (Lipinski definition) is 2. The lowest BCUT2D eigenvalue weighted by atomic mass is 10.0. The van der Waals surface area contributed by atoms with Gasteiger partial charge in [-0.05, 0) is 55.0 Å². The summed E-state index contributed by atoms with van der Waals surface area (Å²) in [6.07, 6.45) is 0. The molecule has 8 heteroatoms. The summed E-state index contributed by atoms with van der Waals surface area (Å²) in [6, 6.07) is 9.10. The fourth-order valence-electron chi connectivity index (χ4n) is 2.40. The highest BCUT2D eigenvalue weighted by Gasteiger charge is 2.17. The number of carbonyl (C=O) groups excluding carboxylic acids is 1. The van der Waals surface area contributed by atoms with Crippen LogP contribution in [0.4, 0.5) is 8.78 Å². The molecular weight excluding hydrogens is 348 g/mol. The van der Waals surface area contributed by atoms with Crippen molar-refractivity contribution in [3.63, 3.8) is 0 Å². The van der Waals surface area contributed by atoms with Gasteiger partial charge in [-0.1, -0.05) is 12.1 Å². The number of rotatable bonds is 3. The molecule has 0 fully saturated rings. The Kier molecular flexibility index (Phi) is 4.45. The summed E-state index contributed by atoms with van der Waals surface area (Å²) >= 11 is 5.07. The van der Waals surface area contributed by atoms with Crippen molar-refractivity contribution in [2.75, 3.05) is 5.43 Å². The molecule has 1 unspecified atom stereocenters. The van der Waals surface area contributed by atoms with E-state index >= 15 is 0 Å². The maximum atomic E-state index is 13.3. The van der Waals surface area contributed by atoms with Crippen LogP contribution in [0.15, 0.2) is 47.3 Å². The van der Waals surface area contributed by atoms with Gasteiger partial charge < -0.3 is 4.98 Å². The number of benzene rings is 2. The Labute approximate surface area is 145 Å². The van der Waals surface area contributed by atoms with Crippen molar-refractivity contribution in [2.45, 2.75) is 12.8 Å². The van der Waals surface area contributed by atoms with Crippen LogP contribution in [0.3, 0.4) is 0 Å². The molecule has 1 atom stereocenters. The quantitative estimate of drug-likeness (QED) is 0.704. The number of fused-ring (bicyclic) bond motifs is 1. The van der Waals surface area contributed by atoms with Gasteiger partial charge in [0.15, 0.2) is 4.77 Å². The smallest absolute Gasteiger partial charge is 0.281 e. The number of H-pyrrole nitrogens is 1. The normalized spacial score (nSPS) is 12.1. The highest BCUT2D eigenvalue weighted by Crippen LogP contribution is 2.16. The molecule has 0 bridgehead atoms. The number of carbonyl (C=O) groups is 1. The number of nitrogens with one attached hydrogen (secondary N) is 2. The molecule has 128 valence electrons. The molecule has 5 nitrogen and oxygen atoms in total. The average Bonchev–Trinajstić information content (AvgIpc) is 2.58. The van der Waals surface area contributed by atoms with Crippen LogP contribution in [-0.4, -0.2) is 15.6 Å². The summed E-state index contributed by atoms with van der Waals surface area (Å²) in [5.74, 6) is -2.04. The molecule has 0 aliphatic carbocycles. The van der Waals surface area contributed by atoms with Gasteiger partial charge in [0.05, 0.1) is 16.8 Å². The Morgan fingerprint density at radius 2 is 1.80 bits per heavy atom. The fourth-order valence-corrected chi connectivity index (χ4v) is 2.64. The van der Waals surface area contributed by atoms with E-state index in [1.807, 2.05) is 0 Å². The molecule has 1 amide bonds. The molecule has 0 radical (unpaired) electrons. The van der Waals surface area contributed by atoms with E-state index in [2.05, 4.69) is 10.4 Å². The standard InChI is InChI=1S/C17H13F2N3O2S/c1-9(10-2-4-11(18)5-3-10)15(23)21-22-16(24)13-7-6-12(19)8-14(13)20-17(22)25/h2-9H,1H3,(H,20,25)(H,21,23). The second-order valence-corrected chi connectivity index (χ2v) is 5.90. The third-order valence-corrected chi connectivity index (χ3v) is 4.13. The Bertz CT molecular complexity index is 1070. The number of hydrogen-bond acceptors (Lipinski definition) is 3. The van der Waals surface area contributed by atoms with Crippen molar-refractivity contribution >= 4 is 29.0 Å². The van der Waals surface area contributed by atoms with Gasteiger partial charge in [0.1, 0.15) is 11.6 Å². The van der Waals surface area contributed by atoms with E-state index in [1.54, 1.807) is 6.92 Å². The Hall–Kier alpha value is -2.87. The summed E-state index contributed by atoms with van der Waals surface area (Å²) in [6.45, 7) is 1.62. The van der Waals surface area contributed by atoms with Crippen molar-refractivity contribution < 1.29 is 13.6 Å². The molecule has 3 aromatic rings. The van der Waals surface area contributed by atoms with Gasteiger partial charge in [-0.3, -0.25) is 15.0 Å². The zero-order chi connectivity index (χ0) is 18.1. The van der Waals surface area contributed by atoms with Crippen LogP contribution in [0.2, 0.25) is 0 Å². The number of nitrogens with zero attached hydrogens (tertiary/aromatic N) is 1. The lowest BCUT2D eigenvalue weighted by Gasteiger charge is -2.14. The fraction of sp³-hybridized carbons (Fsp3) is 0.118. The third-order valence-electron chi connectivity index (χ3n) is 3.85. The zero-order valence-electron chi connectivity index (χ0n) is 13.0. The van der Waals surface area contributed by atoms with Gasteiger partial charge in [0.25, 0.3) is 5.56 Å². The average molecular weight is 361 g/mol. The molecule has 0 spiro atoms. The zero-order valence-corrected chi connectivity index (χ0v) is 13.9. The highest BCUT2D eigenvalue weighted by molar-refractivity contribution is 7.71. The van der Waals surface area contributed by atoms with Crippen LogP contribution in [-0.2, 0) is 4.79 Å². The van der Waals surface area contributed by atoms with Gasteiger partial charge in [-0.25, -0.2) is 8.78 Å². The van der Waals surface area contributed by atoms with Crippen molar-refractivity contribution in [1.82, 2.24) is 9.66 Å². The van der Waals surface area contributed by atoms with Crippen molar-refractivity contribution in [3.8, 4) is 0 Å². The maximum absolute atomic E-state index is 13.3. The minimum absolute atomic E-state index is 0.0669. The van der Waals surface area contributed by atoms with E-state index in [-0.39, 0.29) is 15.7 Å².